The second-order valence-corrected chi connectivity index (χ2v) is 11.2. The lowest BCUT2D eigenvalue weighted by Crippen LogP contribution is -2.21. The third-order valence-electron chi connectivity index (χ3n) is 5.50. The van der Waals surface area contributed by atoms with Gasteiger partial charge in [-0.05, 0) is 67.2 Å². The quantitative estimate of drug-likeness (QED) is 0.385. The molecule has 0 aliphatic rings. The van der Waals surface area contributed by atoms with Crippen LogP contribution in [0.4, 0.5) is 0 Å². The minimum Gasteiger partial charge on any atom is -0.492 e. The SMILES string of the molecule is CC(=O)COCCOc1ccc(-c2ccc(OCCN(C)C)c(C(C)(C)C)c2)cc1C(C)(C)C. The van der Waals surface area contributed by atoms with E-state index in [1.807, 2.05) is 6.07 Å². The molecule has 0 saturated carbocycles. The summed E-state index contributed by atoms with van der Waals surface area (Å²) in [6.45, 7) is 17.2. The van der Waals surface area contributed by atoms with E-state index < -0.39 is 0 Å². The summed E-state index contributed by atoms with van der Waals surface area (Å²) in [6.07, 6.45) is 0. The van der Waals surface area contributed by atoms with Crippen LogP contribution in [0.15, 0.2) is 36.4 Å². The number of likely N-dealkylation sites (N-methyl/N-ethyl adjacent to an activating group) is 1. The Morgan fingerprint density at radius 2 is 1.24 bits per heavy atom. The van der Waals surface area contributed by atoms with Crippen molar-refractivity contribution in [2.45, 2.75) is 59.3 Å². The van der Waals surface area contributed by atoms with Gasteiger partial charge in [0.1, 0.15) is 31.3 Å². The summed E-state index contributed by atoms with van der Waals surface area (Å²) in [6, 6.07) is 12.9. The number of ketones is 1. The van der Waals surface area contributed by atoms with Crippen LogP contribution in [0.5, 0.6) is 11.5 Å². The van der Waals surface area contributed by atoms with Gasteiger partial charge in [0.15, 0.2) is 5.78 Å². The van der Waals surface area contributed by atoms with Crippen LogP contribution in [-0.2, 0) is 20.4 Å². The maximum atomic E-state index is 11.0. The largest absolute Gasteiger partial charge is 0.492 e. The Labute approximate surface area is 206 Å². The van der Waals surface area contributed by atoms with Crippen LogP contribution in [0.1, 0.15) is 59.6 Å². The summed E-state index contributed by atoms with van der Waals surface area (Å²) in [4.78, 5) is 13.2. The number of carbonyl (C=O) groups is 1. The maximum Gasteiger partial charge on any atom is 0.155 e. The van der Waals surface area contributed by atoms with Gasteiger partial charge >= 0.3 is 0 Å². The average molecular weight is 470 g/mol. The van der Waals surface area contributed by atoms with E-state index in [1.165, 1.54) is 12.5 Å². The monoisotopic (exact) mass is 469 g/mol. The number of ether oxygens (including phenoxy) is 3. The topological polar surface area (TPSA) is 48.0 Å². The summed E-state index contributed by atoms with van der Waals surface area (Å²) in [5.74, 6) is 1.81. The minimum atomic E-state index is -0.0896. The molecule has 2 rings (SSSR count). The van der Waals surface area contributed by atoms with Gasteiger partial charge in [0.2, 0.25) is 0 Å². The van der Waals surface area contributed by atoms with E-state index in [4.69, 9.17) is 14.2 Å². The van der Waals surface area contributed by atoms with Crippen LogP contribution >= 0.6 is 0 Å². The summed E-state index contributed by atoms with van der Waals surface area (Å²) in [5, 5.41) is 0. The molecule has 0 amide bonds. The van der Waals surface area contributed by atoms with Crippen molar-refractivity contribution in [3.63, 3.8) is 0 Å². The van der Waals surface area contributed by atoms with Crippen molar-refractivity contribution in [3.8, 4) is 22.6 Å². The molecule has 2 aromatic carbocycles. The van der Waals surface area contributed by atoms with Crippen molar-refractivity contribution in [1.29, 1.82) is 0 Å². The second-order valence-electron chi connectivity index (χ2n) is 11.2. The highest BCUT2D eigenvalue weighted by Crippen LogP contribution is 2.38. The average Bonchev–Trinajstić information content (AvgIpc) is 2.72. The molecule has 0 aromatic heterocycles. The molecule has 0 heterocycles. The lowest BCUT2D eigenvalue weighted by molar-refractivity contribution is -0.121. The molecule has 188 valence electrons. The Morgan fingerprint density at radius 3 is 1.65 bits per heavy atom. The lowest BCUT2D eigenvalue weighted by atomic mass is 9.82. The van der Waals surface area contributed by atoms with Crippen molar-refractivity contribution in [2.75, 3.05) is 47.1 Å². The molecule has 34 heavy (non-hydrogen) atoms. The Balaban J connectivity index is 2.32. The number of nitrogens with zero attached hydrogens (tertiary/aromatic N) is 1. The van der Waals surface area contributed by atoms with Crippen molar-refractivity contribution >= 4 is 5.78 Å². The van der Waals surface area contributed by atoms with Crippen LogP contribution in [0.2, 0.25) is 0 Å². The molecule has 0 fully saturated rings. The molecule has 0 N–H and O–H groups in total. The molecule has 5 nitrogen and oxygen atoms in total. The first kappa shape index (κ1) is 27.9. The predicted molar refractivity (Wildman–Crippen MR) is 140 cm³/mol. The number of rotatable bonds is 11. The predicted octanol–water partition coefficient (Wildman–Crippen LogP) is 5.87. The van der Waals surface area contributed by atoms with Crippen LogP contribution in [-0.4, -0.2) is 57.8 Å². The van der Waals surface area contributed by atoms with Crippen molar-refractivity contribution in [3.05, 3.63) is 47.5 Å². The minimum absolute atomic E-state index is 0.0171. The highest BCUT2D eigenvalue weighted by atomic mass is 16.5. The Hall–Kier alpha value is -2.37. The summed E-state index contributed by atoms with van der Waals surface area (Å²) in [7, 11) is 4.10. The molecule has 0 bridgehead atoms. The van der Waals surface area contributed by atoms with Gasteiger partial charge in [0.05, 0.1) is 6.61 Å². The Bertz CT molecular complexity index is 952. The van der Waals surface area contributed by atoms with Gasteiger partial charge in [-0.2, -0.15) is 0 Å². The fourth-order valence-electron chi connectivity index (χ4n) is 3.61. The van der Waals surface area contributed by atoms with E-state index in [0.717, 1.165) is 34.7 Å². The van der Waals surface area contributed by atoms with E-state index in [2.05, 4.69) is 90.9 Å². The van der Waals surface area contributed by atoms with Crippen molar-refractivity contribution < 1.29 is 19.0 Å². The van der Waals surface area contributed by atoms with E-state index in [0.29, 0.717) is 19.8 Å². The molecule has 0 aliphatic heterocycles. The summed E-state index contributed by atoms with van der Waals surface area (Å²) in [5.41, 5.74) is 4.51. The first-order valence-electron chi connectivity index (χ1n) is 12.1. The molecule has 0 unspecified atom stereocenters. The van der Waals surface area contributed by atoms with E-state index in [-0.39, 0.29) is 23.2 Å². The molecule has 5 heteroatoms. The smallest absolute Gasteiger partial charge is 0.155 e. The lowest BCUT2D eigenvalue weighted by Gasteiger charge is -2.26. The fourth-order valence-corrected chi connectivity index (χ4v) is 3.61. The van der Waals surface area contributed by atoms with Gasteiger partial charge in [0.25, 0.3) is 0 Å². The molecule has 0 atom stereocenters. The summed E-state index contributed by atoms with van der Waals surface area (Å²) < 4.78 is 17.5. The van der Waals surface area contributed by atoms with Gasteiger partial charge in [-0.15, -0.1) is 0 Å². The number of Topliss-reactive ketones (excluding diaryl/α,β-unsaturated/α-hetero) is 1. The molecular formula is C29H43NO4. The zero-order valence-corrected chi connectivity index (χ0v) is 22.6. The highest BCUT2D eigenvalue weighted by molar-refractivity contribution is 5.76. The molecule has 2 aromatic rings. The standard InChI is InChI=1S/C29H43NO4/c1-21(31)20-32-16-17-34-27-13-11-23(19-25(27)29(5,6)7)22-10-12-26(33-15-14-30(8)9)24(18-22)28(2,3)4/h10-13,18-19H,14-17,20H2,1-9H3. The zero-order valence-electron chi connectivity index (χ0n) is 22.6. The summed E-state index contributed by atoms with van der Waals surface area (Å²) >= 11 is 0. The van der Waals surface area contributed by atoms with E-state index in [9.17, 15) is 4.79 Å². The van der Waals surface area contributed by atoms with Crippen LogP contribution in [0.25, 0.3) is 11.1 Å². The molecular weight excluding hydrogens is 426 g/mol. The van der Waals surface area contributed by atoms with Crippen molar-refractivity contribution in [2.24, 2.45) is 0 Å². The molecule has 0 aliphatic carbocycles. The Kier molecular flexibility index (Phi) is 9.72. The highest BCUT2D eigenvalue weighted by Gasteiger charge is 2.23. The zero-order chi connectivity index (χ0) is 25.5. The number of hydrogen-bond acceptors (Lipinski definition) is 5. The van der Waals surface area contributed by atoms with Crippen LogP contribution in [0, 0.1) is 0 Å². The van der Waals surface area contributed by atoms with Gasteiger partial charge < -0.3 is 19.1 Å². The molecule has 0 saturated heterocycles. The Morgan fingerprint density at radius 1 is 0.765 bits per heavy atom. The van der Waals surface area contributed by atoms with Gasteiger partial charge in [-0.25, -0.2) is 0 Å². The first-order chi connectivity index (χ1) is 15.8. The third kappa shape index (κ3) is 8.44. The van der Waals surface area contributed by atoms with Gasteiger partial charge in [-0.1, -0.05) is 53.7 Å². The number of benzene rings is 2. The number of carbonyl (C=O) groups excluding carboxylic acids is 1. The van der Waals surface area contributed by atoms with Gasteiger partial charge in [0, 0.05) is 17.7 Å². The van der Waals surface area contributed by atoms with Crippen LogP contribution in [0.3, 0.4) is 0 Å². The molecule has 0 spiro atoms. The number of hydrogen-bond donors (Lipinski definition) is 0. The molecule has 0 radical (unpaired) electrons. The van der Waals surface area contributed by atoms with E-state index in [1.54, 1.807) is 0 Å². The van der Waals surface area contributed by atoms with Gasteiger partial charge in [-0.3, -0.25) is 4.79 Å². The van der Waals surface area contributed by atoms with E-state index >= 15 is 0 Å². The maximum absolute atomic E-state index is 11.0. The fraction of sp³-hybridized carbons (Fsp3) is 0.552. The van der Waals surface area contributed by atoms with Crippen molar-refractivity contribution in [1.82, 2.24) is 4.90 Å². The second kappa shape index (κ2) is 11.9. The first-order valence-corrected chi connectivity index (χ1v) is 12.1. The third-order valence-corrected chi connectivity index (χ3v) is 5.50. The van der Waals surface area contributed by atoms with Crippen LogP contribution < -0.4 is 9.47 Å². The normalized spacial score (nSPS) is 12.2.